The lowest BCUT2D eigenvalue weighted by Gasteiger charge is -2.44. The van der Waals surface area contributed by atoms with E-state index in [1.54, 1.807) is 0 Å². The molecule has 0 radical (unpaired) electrons. The van der Waals surface area contributed by atoms with E-state index in [4.69, 9.17) is 5.73 Å². The summed E-state index contributed by atoms with van der Waals surface area (Å²) in [7, 11) is 0. The SMILES string of the molecule is NC(C1CCCCCC1)C1(O)CC2CCC(C1)N2. The summed E-state index contributed by atoms with van der Waals surface area (Å²) in [5, 5.41) is 14.6. The average Bonchev–Trinajstić information content (AvgIpc) is 2.59. The van der Waals surface area contributed by atoms with Crippen molar-refractivity contribution in [2.24, 2.45) is 11.7 Å². The van der Waals surface area contributed by atoms with Crippen LogP contribution in [0.4, 0.5) is 0 Å². The average molecular weight is 252 g/mol. The molecule has 3 rings (SSSR count). The molecule has 1 saturated carbocycles. The second kappa shape index (κ2) is 5.10. The zero-order valence-electron chi connectivity index (χ0n) is 11.4. The van der Waals surface area contributed by atoms with Crippen LogP contribution >= 0.6 is 0 Å². The summed E-state index contributed by atoms with van der Waals surface area (Å²) in [4.78, 5) is 0. The molecule has 0 amide bonds. The highest BCUT2D eigenvalue weighted by Crippen LogP contribution is 2.39. The van der Waals surface area contributed by atoms with Gasteiger partial charge in [0.05, 0.1) is 5.60 Å². The van der Waals surface area contributed by atoms with E-state index in [0.717, 1.165) is 12.8 Å². The number of nitrogens with two attached hydrogens (primary N) is 1. The van der Waals surface area contributed by atoms with Crippen molar-refractivity contribution >= 4 is 0 Å². The van der Waals surface area contributed by atoms with Crippen LogP contribution in [-0.2, 0) is 0 Å². The smallest absolute Gasteiger partial charge is 0.0830 e. The molecular formula is C15H28N2O. The van der Waals surface area contributed by atoms with Crippen LogP contribution in [-0.4, -0.2) is 28.8 Å². The summed E-state index contributed by atoms with van der Waals surface area (Å²) in [6, 6.07) is 1.04. The Bertz CT molecular complexity index is 274. The summed E-state index contributed by atoms with van der Waals surface area (Å²) in [5.74, 6) is 0.551. The van der Waals surface area contributed by atoms with Crippen LogP contribution in [0.3, 0.4) is 0 Å². The first-order chi connectivity index (χ1) is 8.67. The Morgan fingerprint density at radius 1 is 0.944 bits per heavy atom. The Morgan fingerprint density at radius 3 is 2.06 bits per heavy atom. The Labute approximate surface area is 111 Å². The molecule has 2 aliphatic heterocycles. The summed E-state index contributed by atoms with van der Waals surface area (Å²) in [6.45, 7) is 0. The zero-order chi connectivity index (χ0) is 12.6. The van der Waals surface area contributed by atoms with Crippen LogP contribution < -0.4 is 11.1 Å². The van der Waals surface area contributed by atoms with Crippen LogP contribution in [0, 0.1) is 5.92 Å². The summed E-state index contributed by atoms with van der Waals surface area (Å²) < 4.78 is 0. The van der Waals surface area contributed by atoms with Gasteiger partial charge in [-0.05, 0) is 44.4 Å². The van der Waals surface area contributed by atoms with Crippen molar-refractivity contribution in [3.8, 4) is 0 Å². The number of nitrogens with one attached hydrogen (secondary N) is 1. The fourth-order valence-electron chi connectivity index (χ4n) is 4.54. The molecule has 0 aromatic heterocycles. The zero-order valence-corrected chi connectivity index (χ0v) is 11.4. The van der Waals surface area contributed by atoms with Crippen molar-refractivity contribution in [2.75, 3.05) is 0 Å². The van der Waals surface area contributed by atoms with Crippen molar-refractivity contribution < 1.29 is 5.11 Å². The predicted molar refractivity (Wildman–Crippen MR) is 73.3 cm³/mol. The number of rotatable bonds is 2. The van der Waals surface area contributed by atoms with Gasteiger partial charge in [0.2, 0.25) is 0 Å². The molecule has 0 spiro atoms. The lowest BCUT2D eigenvalue weighted by Crippen LogP contribution is -2.59. The summed E-state index contributed by atoms with van der Waals surface area (Å²) >= 11 is 0. The lowest BCUT2D eigenvalue weighted by atomic mass is 9.74. The van der Waals surface area contributed by atoms with Gasteiger partial charge < -0.3 is 16.2 Å². The molecule has 0 aromatic carbocycles. The maximum absolute atomic E-state index is 11.0. The third kappa shape index (κ3) is 2.45. The molecule has 104 valence electrons. The first kappa shape index (κ1) is 12.9. The molecule has 3 nitrogen and oxygen atoms in total. The van der Waals surface area contributed by atoms with Crippen LogP contribution in [0.2, 0.25) is 0 Å². The Balaban J connectivity index is 1.68. The summed E-state index contributed by atoms with van der Waals surface area (Å²) in [6.07, 6.45) is 12.0. The highest BCUT2D eigenvalue weighted by atomic mass is 16.3. The fourth-order valence-corrected chi connectivity index (χ4v) is 4.54. The second-order valence-corrected chi connectivity index (χ2v) is 6.93. The van der Waals surface area contributed by atoms with Crippen molar-refractivity contribution in [2.45, 2.75) is 87.9 Å². The monoisotopic (exact) mass is 252 g/mol. The van der Waals surface area contributed by atoms with E-state index >= 15 is 0 Å². The van der Waals surface area contributed by atoms with Gasteiger partial charge in [0.1, 0.15) is 0 Å². The van der Waals surface area contributed by atoms with E-state index in [2.05, 4.69) is 5.32 Å². The molecule has 3 unspecified atom stereocenters. The number of aliphatic hydroxyl groups is 1. The summed E-state index contributed by atoms with van der Waals surface area (Å²) in [5.41, 5.74) is 5.91. The minimum absolute atomic E-state index is 0.000741. The number of piperidine rings is 1. The second-order valence-electron chi connectivity index (χ2n) is 6.93. The van der Waals surface area contributed by atoms with Crippen LogP contribution in [0.5, 0.6) is 0 Å². The van der Waals surface area contributed by atoms with Crippen LogP contribution in [0.25, 0.3) is 0 Å². The van der Waals surface area contributed by atoms with Gasteiger partial charge in [-0.2, -0.15) is 0 Å². The Morgan fingerprint density at radius 2 is 1.50 bits per heavy atom. The quantitative estimate of drug-likeness (QED) is 0.658. The fraction of sp³-hybridized carbons (Fsp3) is 1.00. The van der Waals surface area contributed by atoms with Crippen molar-refractivity contribution in [3.63, 3.8) is 0 Å². The highest BCUT2D eigenvalue weighted by Gasteiger charge is 2.47. The van der Waals surface area contributed by atoms with Gasteiger partial charge in [0, 0.05) is 18.1 Å². The maximum atomic E-state index is 11.0. The van der Waals surface area contributed by atoms with Gasteiger partial charge in [-0.1, -0.05) is 25.7 Å². The van der Waals surface area contributed by atoms with Crippen molar-refractivity contribution in [1.82, 2.24) is 5.32 Å². The van der Waals surface area contributed by atoms with Crippen molar-refractivity contribution in [1.29, 1.82) is 0 Å². The number of hydrogen-bond acceptors (Lipinski definition) is 3. The normalized spacial score (nSPS) is 43.7. The van der Waals surface area contributed by atoms with E-state index in [9.17, 15) is 5.11 Å². The van der Waals surface area contributed by atoms with Gasteiger partial charge in [0.25, 0.3) is 0 Å². The van der Waals surface area contributed by atoms with Gasteiger partial charge in [0.15, 0.2) is 0 Å². The number of hydrogen-bond donors (Lipinski definition) is 3. The minimum atomic E-state index is -0.591. The first-order valence-corrected chi connectivity index (χ1v) is 7.91. The molecule has 3 aliphatic rings. The standard InChI is InChI=1S/C15H28N2O/c16-14(11-5-3-1-2-4-6-11)15(18)9-12-7-8-13(10-15)17-12/h11-14,17-18H,1-10,16H2. The van der Waals surface area contributed by atoms with E-state index < -0.39 is 5.60 Å². The minimum Gasteiger partial charge on any atom is -0.388 e. The largest absolute Gasteiger partial charge is 0.388 e. The predicted octanol–water partition coefficient (Wildman–Crippen LogP) is 1.93. The van der Waals surface area contributed by atoms with Gasteiger partial charge >= 0.3 is 0 Å². The molecular weight excluding hydrogens is 224 g/mol. The molecule has 2 bridgehead atoms. The molecule has 3 atom stereocenters. The van der Waals surface area contributed by atoms with E-state index in [1.165, 1.54) is 51.4 Å². The molecule has 2 heterocycles. The van der Waals surface area contributed by atoms with Gasteiger partial charge in [-0.3, -0.25) is 0 Å². The molecule has 4 N–H and O–H groups in total. The lowest BCUT2D eigenvalue weighted by molar-refractivity contribution is -0.0459. The molecule has 1 aliphatic carbocycles. The number of fused-ring (bicyclic) bond motifs is 2. The maximum Gasteiger partial charge on any atom is 0.0830 e. The Kier molecular flexibility index (Phi) is 3.65. The molecule has 2 saturated heterocycles. The van der Waals surface area contributed by atoms with E-state index in [0.29, 0.717) is 18.0 Å². The molecule has 3 fully saturated rings. The third-order valence-corrected chi connectivity index (χ3v) is 5.56. The van der Waals surface area contributed by atoms with Gasteiger partial charge in [-0.15, -0.1) is 0 Å². The van der Waals surface area contributed by atoms with Gasteiger partial charge in [-0.25, -0.2) is 0 Å². The highest BCUT2D eigenvalue weighted by molar-refractivity contribution is 5.05. The van der Waals surface area contributed by atoms with E-state index in [1.807, 2.05) is 0 Å². The third-order valence-electron chi connectivity index (χ3n) is 5.56. The molecule has 18 heavy (non-hydrogen) atoms. The Hall–Kier alpha value is -0.120. The van der Waals surface area contributed by atoms with Crippen LogP contribution in [0.1, 0.15) is 64.2 Å². The topological polar surface area (TPSA) is 58.3 Å². The van der Waals surface area contributed by atoms with E-state index in [-0.39, 0.29) is 6.04 Å². The molecule has 3 heteroatoms. The molecule has 0 aromatic rings. The van der Waals surface area contributed by atoms with Crippen molar-refractivity contribution in [3.05, 3.63) is 0 Å². The first-order valence-electron chi connectivity index (χ1n) is 7.91. The van der Waals surface area contributed by atoms with Crippen LogP contribution in [0.15, 0.2) is 0 Å².